The average Bonchev–Trinajstić information content (AvgIpc) is 2.69. The predicted octanol–water partition coefficient (Wildman–Crippen LogP) is 0.538. The van der Waals surface area contributed by atoms with Crippen LogP contribution in [0.15, 0.2) is 0 Å². The van der Waals surface area contributed by atoms with Gasteiger partial charge in [0.25, 0.3) is 5.92 Å². The van der Waals surface area contributed by atoms with Gasteiger partial charge in [-0.15, -0.1) is 0 Å². The molecule has 18 heavy (non-hydrogen) atoms. The van der Waals surface area contributed by atoms with Crippen LogP contribution in [0.2, 0.25) is 0 Å². The number of piperazine rings is 1. The first kappa shape index (κ1) is 13.7. The number of carbonyl (C=O) groups is 1. The molecule has 0 atom stereocenters. The van der Waals surface area contributed by atoms with Gasteiger partial charge in [0, 0.05) is 39.1 Å². The molecule has 6 heteroatoms. The Morgan fingerprint density at radius 2 is 1.83 bits per heavy atom. The van der Waals surface area contributed by atoms with E-state index in [2.05, 4.69) is 10.2 Å². The van der Waals surface area contributed by atoms with Gasteiger partial charge in [-0.05, 0) is 13.8 Å². The first-order valence-corrected chi connectivity index (χ1v) is 6.46. The van der Waals surface area contributed by atoms with Crippen LogP contribution in [0.5, 0.6) is 0 Å². The Balaban J connectivity index is 2.02. The van der Waals surface area contributed by atoms with Gasteiger partial charge in [-0.25, -0.2) is 8.78 Å². The van der Waals surface area contributed by atoms with Crippen LogP contribution in [-0.2, 0) is 4.79 Å². The first-order valence-electron chi connectivity index (χ1n) is 6.46. The second kappa shape index (κ2) is 4.74. The minimum absolute atomic E-state index is 0.168. The highest BCUT2D eigenvalue weighted by Crippen LogP contribution is 2.29. The molecule has 0 aromatic rings. The molecule has 104 valence electrons. The largest absolute Gasteiger partial charge is 0.335 e. The lowest BCUT2D eigenvalue weighted by atomic mass is 9.99. The van der Waals surface area contributed by atoms with E-state index in [0.717, 1.165) is 26.2 Å². The predicted molar refractivity (Wildman–Crippen MR) is 64.7 cm³/mol. The van der Waals surface area contributed by atoms with E-state index in [9.17, 15) is 13.6 Å². The highest BCUT2D eigenvalue weighted by molar-refractivity contribution is 5.85. The Bertz CT molecular complexity index is 327. The molecule has 1 N–H and O–H groups in total. The minimum Gasteiger partial charge on any atom is -0.335 e. The van der Waals surface area contributed by atoms with Crippen LogP contribution >= 0.6 is 0 Å². The maximum atomic E-state index is 13.2. The van der Waals surface area contributed by atoms with Gasteiger partial charge in [0.05, 0.1) is 12.1 Å². The average molecular weight is 261 g/mol. The third kappa shape index (κ3) is 2.64. The summed E-state index contributed by atoms with van der Waals surface area (Å²) in [5.41, 5.74) is -0.692. The molecule has 2 rings (SSSR count). The molecule has 0 spiro atoms. The number of halogens is 2. The number of likely N-dealkylation sites (tertiary alicyclic amines) is 1. The second-order valence-electron chi connectivity index (χ2n) is 5.63. The van der Waals surface area contributed by atoms with Crippen molar-refractivity contribution in [1.29, 1.82) is 0 Å². The standard InChI is InChI=1S/C12H21F2N3O/c1-11(2,17-7-4-15-5-8-17)10(18)16-6-3-12(13,14)9-16/h15H,3-9H2,1-2H3. The van der Waals surface area contributed by atoms with Gasteiger partial charge >= 0.3 is 0 Å². The van der Waals surface area contributed by atoms with Crippen LogP contribution in [0.4, 0.5) is 8.78 Å². The quantitative estimate of drug-likeness (QED) is 0.788. The van der Waals surface area contributed by atoms with Crippen LogP contribution in [0.3, 0.4) is 0 Å². The van der Waals surface area contributed by atoms with E-state index in [-0.39, 0.29) is 18.9 Å². The van der Waals surface area contributed by atoms with Gasteiger partial charge < -0.3 is 10.2 Å². The van der Waals surface area contributed by atoms with E-state index in [4.69, 9.17) is 0 Å². The number of nitrogens with zero attached hydrogens (tertiary/aromatic N) is 2. The SMILES string of the molecule is CC(C)(C(=O)N1CCC(F)(F)C1)N1CCNCC1. The molecule has 2 saturated heterocycles. The monoisotopic (exact) mass is 261 g/mol. The molecule has 2 aliphatic heterocycles. The topological polar surface area (TPSA) is 35.6 Å². The normalized spacial score (nSPS) is 25.4. The third-order valence-electron chi connectivity index (χ3n) is 3.89. The summed E-state index contributed by atoms with van der Waals surface area (Å²) < 4.78 is 26.3. The van der Waals surface area contributed by atoms with Crippen molar-refractivity contribution in [2.45, 2.75) is 31.7 Å². The minimum atomic E-state index is -2.71. The fourth-order valence-corrected chi connectivity index (χ4v) is 2.66. The number of carbonyl (C=O) groups excluding carboxylic acids is 1. The van der Waals surface area contributed by atoms with Gasteiger partial charge in [0.2, 0.25) is 5.91 Å². The second-order valence-corrected chi connectivity index (χ2v) is 5.63. The summed E-state index contributed by atoms with van der Waals surface area (Å²) in [5.74, 6) is -2.89. The molecule has 0 bridgehead atoms. The smallest absolute Gasteiger partial charge is 0.267 e. The number of nitrogens with one attached hydrogen (secondary N) is 1. The van der Waals surface area contributed by atoms with Crippen LogP contribution in [0.1, 0.15) is 20.3 Å². The maximum absolute atomic E-state index is 13.2. The Kier molecular flexibility index (Phi) is 3.60. The molecule has 2 fully saturated rings. The molecule has 0 unspecified atom stereocenters. The molecule has 0 aromatic heterocycles. The Morgan fingerprint density at radius 3 is 2.33 bits per heavy atom. The fourth-order valence-electron chi connectivity index (χ4n) is 2.66. The zero-order valence-electron chi connectivity index (χ0n) is 11.0. The van der Waals surface area contributed by atoms with Crippen molar-refractivity contribution in [2.75, 3.05) is 39.3 Å². The van der Waals surface area contributed by atoms with Crippen molar-refractivity contribution in [1.82, 2.24) is 15.1 Å². The summed E-state index contributed by atoms with van der Waals surface area (Å²) in [6.07, 6.45) is -0.212. The van der Waals surface area contributed by atoms with Crippen molar-refractivity contribution in [3.05, 3.63) is 0 Å². The zero-order chi connectivity index (χ0) is 13.4. The molecule has 2 aliphatic rings. The Labute approximate surface area is 106 Å². The number of alkyl halides is 2. The zero-order valence-corrected chi connectivity index (χ0v) is 11.0. The lowest BCUT2D eigenvalue weighted by molar-refractivity contribution is -0.143. The molecule has 1 amide bonds. The van der Waals surface area contributed by atoms with E-state index >= 15 is 0 Å². The van der Waals surface area contributed by atoms with E-state index in [1.54, 1.807) is 0 Å². The molecule has 4 nitrogen and oxygen atoms in total. The van der Waals surface area contributed by atoms with Gasteiger partial charge in [-0.3, -0.25) is 9.69 Å². The molecule has 0 saturated carbocycles. The van der Waals surface area contributed by atoms with Crippen molar-refractivity contribution in [3.63, 3.8) is 0 Å². The Hall–Kier alpha value is -0.750. The van der Waals surface area contributed by atoms with Crippen LogP contribution in [0, 0.1) is 0 Å². The number of hydrogen-bond donors (Lipinski definition) is 1. The number of hydrogen-bond acceptors (Lipinski definition) is 3. The van der Waals surface area contributed by atoms with Crippen LogP contribution in [0.25, 0.3) is 0 Å². The third-order valence-corrected chi connectivity index (χ3v) is 3.89. The summed E-state index contributed by atoms with van der Waals surface area (Å²) in [7, 11) is 0. The molecule has 0 radical (unpaired) electrons. The lowest BCUT2D eigenvalue weighted by Crippen LogP contribution is -2.60. The van der Waals surface area contributed by atoms with Crippen molar-refractivity contribution in [3.8, 4) is 0 Å². The Morgan fingerprint density at radius 1 is 1.22 bits per heavy atom. The summed E-state index contributed by atoms with van der Waals surface area (Å²) in [6.45, 7) is 6.64. The van der Waals surface area contributed by atoms with E-state index in [1.807, 2.05) is 13.8 Å². The van der Waals surface area contributed by atoms with Gasteiger partial charge in [0.15, 0.2) is 0 Å². The van der Waals surface area contributed by atoms with Crippen LogP contribution < -0.4 is 5.32 Å². The molecule has 0 aliphatic carbocycles. The summed E-state index contributed by atoms with van der Waals surface area (Å²) >= 11 is 0. The van der Waals surface area contributed by atoms with E-state index < -0.39 is 18.0 Å². The van der Waals surface area contributed by atoms with Crippen molar-refractivity contribution < 1.29 is 13.6 Å². The van der Waals surface area contributed by atoms with Gasteiger partial charge in [0.1, 0.15) is 0 Å². The summed E-state index contributed by atoms with van der Waals surface area (Å²) in [6, 6.07) is 0. The molecule has 0 aromatic carbocycles. The number of amides is 1. The van der Waals surface area contributed by atoms with Gasteiger partial charge in [-0.2, -0.15) is 0 Å². The summed E-state index contributed by atoms with van der Waals surface area (Å²) in [5, 5.41) is 3.22. The fraction of sp³-hybridized carbons (Fsp3) is 0.917. The molecular formula is C12H21F2N3O. The van der Waals surface area contributed by atoms with Gasteiger partial charge in [-0.1, -0.05) is 0 Å². The molecular weight excluding hydrogens is 240 g/mol. The number of rotatable bonds is 2. The molecule has 2 heterocycles. The maximum Gasteiger partial charge on any atom is 0.267 e. The van der Waals surface area contributed by atoms with Crippen molar-refractivity contribution in [2.24, 2.45) is 0 Å². The lowest BCUT2D eigenvalue weighted by Gasteiger charge is -2.41. The van der Waals surface area contributed by atoms with E-state index in [1.165, 1.54) is 4.90 Å². The van der Waals surface area contributed by atoms with E-state index in [0.29, 0.717) is 0 Å². The van der Waals surface area contributed by atoms with Crippen molar-refractivity contribution >= 4 is 5.91 Å². The summed E-state index contributed by atoms with van der Waals surface area (Å²) in [4.78, 5) is 15.8. The highest BCUT2D eigenvalue weighted by atomic mass is 19.3. The highest BCUT2D eigenvalue weighted by Gasteiger charge is 2.45. The van der Waals surface area contributed by atoms with Crippen LogP contribution in [-0.4, -0.2) is 66.4 Å². The first-order chi connectivity index (χ1) is 8.33.